The van der Waals surface area contributed by atoms with E-state index in [-0.39, 0.29) is 41.8 Å². The zero-order valence-corrected chi connectivity index (χ0v) is 17.8. The highest BCUT2D eigenvalue weighted by Crippen LogP contribution is 2.16. The summed E-state index contributed by atoms with van der Waals surface area (Å²) in [6.07, 6.45) is 1.42. The van der Waals surface area contributed by atoms with Crippen LogP contribution in [0.4, 0.5) is 5.69 Å². The largest absolute Gasteiger partial charge is 0.423 e. The maximum absolute atomic E-state index is 12.2. The van der Waals surface area contributed by atoms with Gasteiger partial charge in [-0.3, -0.25) is 19.7 Å². The van der Waals surface area contributed by atoms with Crippen molar-refractivity contribution in [1.29, 1.82) is 0 Å². The number of ether oxygens (including phenoxy) is 1. The molecule has 0 unspecified atom stereocenters. The van der Waals surface area contributed by atoms with Crippen molar-refractivity contribution in [2.45, 2.75) is 6.42 Å². The van der Waals surface area contributed by atoms with Crippen LogP contribution < -0.4 is 15.5 Å². The second-order valence-electron chi connectivity index (χ2n) is 6.93. The third kappa shape index (κ3) is 7.09. The Morgan fingerprint density at radius 2 is 1.68 bits per heavy atom. The number of non-ortho nitro benzene ring substituents is 1. The zero-order valence-electron chi connectivity index (χ0n) is 17.8. The number of rotatable bonds is 9. The van der Waals surface area contributed by atoms with E-state index < -0.39 is 10.9 Å². The number of hydrogen-bond donors (Lipinski definition) is 2. The Morgan fingerprint density at radius 3 is 2.38 bits per heavy atom. The van der Waals surface area contributed by atoms with Gasteiger partial charge in [-0.25, -0.2) is 10.2 Å². The summed E-state index contributed by atoms with van der Waals surface area (Å²) in [7, 11) is 0. The van der Waals surface area contributed by atoms with E-state index in [1.165, 1.54) is 30.5 Å². The number of carbonyl (C=O) groups is 3. The Balaban J connectivity index is 1.46. The van der Waals surface area contributed by atoms with Gasteiger partial charge in [0.1, 0.15) is 5.75 Å². The first-order chi connectivity index (χ1) is 16.4. The van der Waals surface area contributed by atoms with Crippen LogP contribution in [0.3, 0.4) is 0 Å². The van der Waals surface area contributed by atoms with Gasteiger partial charge in [0.15, 0.2) is 0 Å². The number of nitro groups is 1. The number of carbonyl (C=O) groups excluding carboxylic acids is 3. The first-order valence-corrected chi connectivity index (χ1v) is 10.1. The first kappa shape index (κ1) is 23.8. The van der Waals surface area contributed by atoms with Crippen LogP contribution in [0.15, 0.2) is 84.0 Å². The normalized spacial score (nSPS) is 10.5. The Morgan fingerprint density at radius 1 is 0.941 bits per heavy atom. The lowest BCUT2D eigenvalue weighted by Crippen LogP contribution is -2.28. The number of nitrogens with zero attached hydrogens (tertiary/aromatic N) is 2. The van der Waals surface area contributed by atoms with Gasteiger partial charge in [-0.15, -0.1) is 0 Å². The maximum atomic E-state index is 12.2. The molecule has 0 heterocycles. The predicted octanol–water partition coefficient (Wildman–Crippen LogP) is 3.08. The minimum absolute atomic E-state index is 0.0444. The maximum Gasteiger partial charge on any atom is 0.343 e. The molecule has 0 saturated heterocycles. The van der Waals surface area contributed by atoms with Gasteiger partial charge in [-0.1, -0.05) is 30.3 Å². The van der Waals surface area contributed by atoms with Crippen LogP contribution in [-0.2, 0) is 4.79 Å². The van der Waals surface area contributed by atoms with Gasteiger partial charge in [0, 0.05) is 30.7 Å². The lowest BCUT2D eigenvalue weighted by atomic mass is 10.2. The molecule has 0 aliphatic rings. The second-order valence-corrected chi connectivity index (χ2v) is 6.93. The minimum Gasteiger partial charge on any atom is -0.423 e. The van der Waals surface area contributed by atoms with Crippen LogP contribution in [0.5, 0.6) is 5.75 Å². The van der Waals surface area contributed by atoms with E-state index in [2.05, 4.69) is 15.8 Å². The van der Waals surface area contributed by atoms with E-state index in [1.54, 1.807) is 54.6 Å². The quantitative estimate of drug-likeness (QED) is 0.165. The Kier molecular flexibility index (Phi) is 8.17. The number of hydrogen-bond acceptors (Lipinski definition) is 7. The van der Waals surface area contributed by atoms with Crippen molar-refractivity contribution < 1.29 is 24.0 Å². The van der Waals surface area contributed by atoms with Crippen LogP contribution in [0.1, 0.15) is 32.7 Å². The van der Waals surface area contributed by atoms with Gasteiger partial charge >= 0.3 is 5.97 Å². The molecule has 172 valence electrons. The average molecular weight is 460 g/mol. The van der Waals surface area contributed by atoms with Crippen LogP contribution in [0.25, 0.3) is 0 Å². The van der Waals surface area contributed by atoms with Crippen molar-refractivity contribution in [3.8, 4) is 5.75 Å². The van der Waals surface area contributed by atoms with Crippen molar-refractivity contribution in [1.82, 2.24) is 10.7 Å². The predicted molar refractivity (Wildman–Crippen MR) is 124 cm³/mol. The summed E-state index contributed by atoms with van der Waals surface area (Å²) in [5.41, 5.74) is 3.47. The van der Waals surface area contributed by atoms with Crippen LogP contribution in [0, 0.1) is 10.1 Å². The highest BCUT2D eigenvalue weighted by Gasteiger charge is 2.12. The molecule has 0 atom stereocenters. The molecule has 0 bridgehead atoms. The number of hydrazone groups is 1. The summed E-state index contributed by atoms with van der Waals surface area (Å²) >= 11 is 0. The van der Waals surface area contributed by atoms with Crippen LogP contribution >= 0.6 is 0 Å². The van der Waals surface area contributed by atoms with Crippen molar-refractivity contribution in [2.75, 3.05) is 6.54 Å². The number of amides is 2. The molecule has 2 amide bonds. The summed E-state index contributed by atoms with van der Waals surface area (Å²) in [4.78, 5) is 46.2. The number of nitro benzene ring substituents is 1. The highest BCUT2D eigenvalue weighted by molar-refractivity contribution is 5.94. The number of benzene rings is 3. The van der Waals surface area contributed by atoms with E-state index >= 15 is 0 Å². The summed E-state index contributed by atoms with van der Waals surface area (Å²) < 4.78 is 5.28. The molecule has 0 saturated carbocycles. The molecular weight excluding hydrogens is 440 g/mol. The molecule has 0 spiro atoms. The molecule has 0 fully saturated rings. The molecule has 0 radical (unpaired) electrons. The van der Waals surface area contributed by atoms with Crippen LogP contribution in [0.2, 0.25) is 0 Å². The van der Waals surface area contributed by atoms with Crippen molar-refractivity contribution >= 4 is 29.7 Å². The Hall–Kier alpha value is -4.86. The molecule has 0 aliphatic heterocycles. The summed E-state index contributed by atoms with van der Waals surface area (Å²) in [6.45, 7) is 0.156. The van der Waals surface area contributed by atoms with Gasteiger partial charge in [0.2, 0.25) is 5.91 Å². The standard InChI is InChI=1S/C24H20N4O6/c29-22(13-14-25-23(30)18-6-2-1-3-7-18)27-26-16-17-5-4-8-21(15-17)34-24(31)19-9-11-20(12-10-19)28(32)33/h1-12,15-16H,13-14H2,(H,25,30)(H,27,29). The van der Waals surface area contributed by atoms with Gasteiger partial charge in [-0.2, -0.15) is 5.10 Å². The van der Waals surface area contributed by atoms with Gasteiger partial charge in [-0.05, 0) is 42.0 Å². The third-order valence-corrected chi connectivity index (χ3v) is 4.46. The molecule has 2 N–H and O–H groups in total. The van der Waals surface area contributed by atoms with Crippen LogP contribution in [-0.4, -0.2) is 35.5 Å². The molecule has 10 nitrogen and oxygen atoms in total. The average Bonchev–Trinajstić information content (AvgIpc) is 2.85. The van der Waals surface area contributed by atoms with Crippen molar-refractivity contribution in [3.05, 3.63) is 106 Å². The van der Waals surface area contributed by atoms with Gasteiger partial charge in [0.05, 0.1) is 16.7 Å². The van der Waals surface area contributed by atoms with Crippen molar-refractivity contribution in [3.63, 3.8) is 0 Å². The molecule has 3 rings (SSSR count). The van der Waals surface area contributed by atoms with Gasteiger partial charge in [0.25, 0.3) is 11.6 Å². The molecule has 10 heteroatoms. The summed E-state index contributed by atoms with van der Waals surface area (Å²) in [5, 5.41) is 17.2. The topological polar surface area (TPSA) is 140 Å². The Labute approximate surface area is 194 Å². The number of nitrogens with one attached hydrogen (secondary N) is 2. The van der Waals surface area contributed by atoms with E-state index in [0.717, 1.165) is 0 Å². The third-order valence-electron chi connectivity index (χ3n) is 4.46. The monoisotopic (exact) mass is 460 g/mol. The van der Waals surface area contributed by atoms with E-state index in [9.17, 15) is 24.5 Å². The van der Waals surface area contributed by atoms with Gasteiger partial charge < -0.3 is 10.1 Å². The Bertz CT molecular complexity index is 1210. The molecule has 34 heavy (non-hydrogen) atoms. The SMILES string of the molecule is O=C(CCNC(=O)c1ccccc1)NN=Cc1cccc(OC(=O)c2ccc([N+](=O)[O-])cc2)c1. The van der Waals surface area contributed by atoms with E-state index in [0.29, 0.717) is 11.1 Å². The fourth-order valence-electron chi connectivity index (χ4n) is 2.76. The molecule has 0 aliphatic carbocycles. The minimum atomic E-state index is -0.671. The lowest BCUT2D eigenvalue weighted by Gasteiger charge is -2.05. The second kappa shape index (κ2) is 11.7. The van der Waals surface area contributed by atoms with E-state index in [1.807, 2.05) is 0 Å². The highest BCUT2D eigenvalue weighted by atomic mass is 16.6. The van der Waals surface area contributed by atoms with E-state index in [4.69, 9.17) is 4.74 Å². The summed E-state index contributed by atoms with van der Waals surface area (Å²) in [6, 6.07) is 20.2. The fraction of sp³-hybridized carbons (Fsp3) is 0.0833. The first-order valence-electron chi connectivity index (χ1n) is 10.1. The smallest absolute Gasteiger partial charge is 0.343 e. The molecular formula is C24H20N4O6. The fourth-order valence-corrected chi connectivity index (χ4v) is 2.76. The summed E-state index contributed by atoms with van der Waals surface area (Å²) in [5.74, 6) is -1.08. The molecule has 3 aromatic rings. The zero-order chi connectivity index (χ0) is 24.3. The van der Waals surface area contributed by atoms with Crippen molar-refractivity contribution in [2.24, 2.45) is 5.10 Å². The number of esters is 1. The molecule has 0 aromatic heterocycles. The molecule has 3 aromatic carbocycles. The lowest BCUT2D eigenvalue weighted by molar-refractivity contribution is -0.384.